The van der Waals surface area contributed by atoms with Crippen LogP contribution >= 0.6 is 0 Å². The summed E-state index contributed by atoms with van der Waals surface area (Å²) in [7, 11) is 0. The molecule has 0 aliphatic carbocycles. The van der Waals surface area contributed by atoms with Crippen LogP contribution in [0.2, 0.25) is 0 Å². The van der Waals surface area contributed by atoms with Crippen LogP contribution in [0.25, 0.3) is 0 Å². The lowest BCUT2D eigenvalue weighted by Gasteiger charge is -2.33. The Balaban J connectivity index is 2.94. The van der Waals surface area contributed by atoms with E-state index in [-0.39, 0.29) is 5.54 Å². The molecule has 0 atom stereocenters. The highest BCUT2D eigenvalue weighted by atomic mass is 15.1. The van der Waals surface area contributed by atoms with Crippen LogP contribution in [0.15, 0.2) is 6.33 Å². The normalized spacial score (nSPS) is 11.4. The fourth-order valence-electron chi connectivity index (χ4n) is 2.26. The molecular formula is C15H28N4. The molecule has 0 amide bonds. The SMILES string of the molecule is CCCNc1ncnc(NC(CC)(CC)CC)c1C. The minimum atomic E-state index is 0.140. The molecule has 19 heavy (non-hydrogen) atoms. The van der Waals surface area contributed by atoms with Gasteiger partial charge in [0.15, 0.2) is 0 Å². The number of aromatic nitrogens is 2. The molecule has 1 rings (SSSR count). The van der Waals surface area contributed by atoms with Gasteiger partial charge in [-0.15, -0.1) is 0 Å². The summed E-state index contributed by atoms with van der Waals surface area (Å²) in [4.78, 5) is 8.74. The quantitative estimate of drug-likeness (QED) is 0.745. The maximum absolute atomic E-state index is 4.41. The van der Waals surface area contributed by atoms with Gasteiger partial charge in [-0.25, -0.2) is 9.97 Å². The molecule has 108 valence electrons. The van der Waals surface area contributed by atoms with Crippen LogP contribution < -0.4 is 10.6 Å². The minimum absolute atomic E-state index is 0.140. The van der Waals surface area contributed by atoms with E-state index >= 15 is 0 Å². The zero-order valence-corrected chi connectivity index (χ0v) is 13.0. The van der Waals surface area contributed by atoms with Crippen LogP contribution in [0.1, 0.15) is 58.9 Å². The topological polar surface area (TPSA) is 49.8 Å². The largest absolute Gasteiger partial charge is 0.370 e. The van der Waals surface area contributed by atoms with E-state index in [1.165, 1.54) is 0 Å². The molecule has 4 nitrogen and oxygen atoms in total. The second-order valence-electron chi connectivity index (χ2n) is 5.09. The van der Waals surface area contributed by atoms with Crippen molar-refractivity contribution < 1.29 is 0 Å². The molecule has 1 aromatic rings. The molecule has 1 aromatic heterocycles. The first-order chi connectivity index (χ1) is 9.12. The monoisotopic (exact) mass is 264 g/mol. The molecule has 0 bridgehead atoms. The third kappa shape index (κ3) is 3.82. The van der Waals surface area contributed by atoms with E-state index in [4.69, 9.17) is 0 Å². The fourth-order valence-corrected chi connectivity index (χ4v) is 2.26. The lowest BCUT2D eigenvalue weighted by molar-refractivity contribution is 0.418. The Kier molecular flexibility index (Phi) is 6.06. The molecule has 0 spiro atoms. The van der Waals surface area contributed by atoms with Crippen molar-refractivity contribution in [2.75, 3.05) is 17.2 Å². The van der Waals surface area contributed by atoms with Crippen molar-refractivity contribution in [3.63, 3.8) is 0 Å². The molecule has 0 fully saturated rings. The highest BCUT2D eigenvalue weighted by Gasteiger charge is 2.25. The summed E-state index contributed by atoms with van der Waals surface area (Å²) in [5.41, 5.74) is 1.25. The number of hydrogen-bond acceptors (Lipinski definition) is 4. The predicted molar refractivity (Wildman–Crippen MR) is 82.8 cm³/mol. The highest BCUT2D eigenvalue weighted by molar-refractivity contribution is 5.57. The van der Waals surface area contributed by atoms with Crippen molar-refractivity contribution in [1.29, 1.82) is 0 Å². The number of rotatable bonds is 8. The van der Waals surface area contributed by atoms with Crippen LogP contribution in [0.5, 0.6) is 0 Å². The Morgan fingerprint density at radius 2 is 1.58 bits per heavy atom. The van der Waals surface area contributed by atoms with Gasteiger partial charge in [0, 0.05) is 17.6 Å². The maximum atomic E-state index is 4.41. The van der Waals surface area contributed by atoms with Crippen molar-refractivity contribution in [1.82, 2.24) is 9.97 Å². The van der Waals surface area contributed by atoms with Gasteiger partial charge >= 0.3 is 0 Å². The van der Waals surface area contributed by atoms with E-state index < -0.39 is 0 Å². The maximum Gasteiger partial charge on any atom is 0.134 e. The molecule has 0 aliphatic rings. The van der Waals surface area contributed by atoms with Crippen molar-refractivity contribution in [3.05, 3.63) is 11.9 Å². The van der Waals surface area contributed by atoms with E-state index in [1.807, 2.05) is 0 Å². The Hall–Kier alpha value is -1.32. The predicted octanol–water partition coefficient (Wildman–Crippen LogP) is 3.99. The highest BCUT2D eigenvalue weighted by Crippen LogP contribution is 2.27. The number of hydrogen-bond donors (Lipinski definition) is 2. The Morgan fingerprint density at radius 3 is 2.11 bits per heavy atom. The fraction of sp³-hybridized carbons (Fsp3) is 0.733. The molecule has 0 saturated carbocycles. The molecule has 0 aromatic carbocycles. The standard InChI is InChI=1S/C15H28N4/c1-6-10-16-13-12(5)14(18-11-17-13)19-15(7-2,8-3)9-4/h11H,6-10H2,1-5H3,(H2,16,17,18,19). The zero-order chi connectivity index (χ0) is 14.3. The van der Waals surface area contributed by atoms with Gasteiger partial charge in [-0.3, -0.25) is 0 Å². The molecular weight excluding hydrogens is 236 g/mol. The summed E-state index contributed by atoms with van der Waals surface area (Å²) >= 11 is 0. The molecule has 0 unspecified atom stereocenters. The Labute approximate surface area is 117 Å². The number of anilines is 2. The average molecular weight is 264 g/mol. The lowest BCUT2D eigenvalue weighted by Crippen LogP contribution is -2.36. The van der Waals surface area contributed by atoms with Gasteiger partial charge < -0.3 is 10.6 Å². The molecule has 1 heterocycles. The second-order valence-corrected chi connectivity index (χ2v) is 5.09. The molecule has 4 heteroatoms. The van der Waals surface area contributed by atoms with Gasteiger partial charge in [0.25, 0.3) is 0 Å². The van der Waals surface area contributed by atoms with Crippen molar-refractivity contribution in [2.24, 2.45) is 0 Å². The third-order valence-electron chi connectivity index (χ3n) is 4.04. The summed E-state index contributed by atoms with van der Waals surface area (Å²) in [6, 6.07) is 0. The molecule has 0 saturated heterocycles. The lowest BCUT2D eigenvalue weighted by atomic mass is 9.89. The summed E-state index contributed by atoms with van der Waals surface area (Å²) < 4.78 is 0. The van der Waals surface area contributed by atoms with Crippen LogP contribution in [0, 0.1) is 6.92 Å². The van der Waals surface area contributed by atoms with Gasteiger partial charge in [-0.2, -0.15) is 0 Å². The van der Waals surface area contributed by atoms with Crippen molar-refractivity contribution in [3.8, 4) is 0 Å². The van der Waals surface area contributed by atoms with Crippen LogP contribution in [-0.2, 0) is 0 Å². The zero-order valence-electron chi connectivity index (χ0n) is 13.0. The smallest absolute Gasteiger partial charge is 0.134 e. The van der Waals surface area contributed by atoms with E-state index in [0.29, 0.717) is 0 Å². The van der Waals surface area contributed by atoms with Gasteiger partial charge in [0.2, 0.25) is 0 Å². The first-order valence-electron chi connectivity index (χ1n) is 7.46. The second kappa shape index (κ2) is 7.31. The van der Waals surface area contributed by atoms with Crippen molar-refractivity contribution >= 4 is 11.6 Å². The average Bonchev–Trinajstić information content (AvgIpc) is 2.45. The third-order valence-corrected chi connectivity index (χ3v) is 4.04. The van der Waals surface area contributed by atoms with Gasteiger partial charge in [-0.1, -0.05) is 27.7 Å². The first kappa shape index (κ1) is 15.7. The van der Waals surface area contributed by atoms with Crippen LogP contribution in [0.3, 0.4) is 0 Å². The Bertz CT molecular complexity index is 377. The number of nitrogens with zero attached hydrogens (tertiary/aromatic N) is 2. The van der Waals surface area contributed by atoms with E-state index in [0.717, 1.165) is 49.4 Å². The molecule has 0 aliphatic heterocycles. The summed E-state index contributed by atoms with van der Waals surface area (Å²) in [6.07, 6.45) is 6.03. The Morgan fingerprint density at radius 1 is 1.00 bits per heavy atom. The first-order valence-corrected chi connectivity index (χ1v) is 7.46. The van der Waals surface area contributed by atoms with Crippen molar-refractivity contribution in [2.45, 2.75) is 65.8 Å². The molecule has 2 N–H and O–H groups in total. The van der Waals surface area contributed by atoms with E-state index in [1.54, 1.807) is 6.33 Å². The summed E-state index contributed by atoms with van der Waals surface area (Å²) in [5, 5.41) is 6.99. The summed E-state index contributed by atoms with van der Waals surface area (Å²) in [6.45, 7) is 11.9. The van der Waals surface area contributed by atoms with E-state index in [9.17, 15) is 0 Å². The summed E-state index contributed by atoms with van der Waals surface area (Å²) in [5.74, 6) is 1.90. The van der Waals surface area contributed by atoms with Gasteiger partial charge in [-0.05, 0) is 32.6 Å². The van der Waals surface area contributed by atoms with Crippen LogP contribution in [-0.4, -0.2) is 22.1 Å². The number of nitrogens with one attached hydrogen (secondary N) is 2. The van der Waals surface area contributed by atoms with E-state index in [2.05, 4.69) is 55.2 Å². The molecule has 0 radical (unpaired) electrons. The van der Waals surface area contributed by atoms with Gasteiger partial charge in [0.1, 0.15) is 18.0 Å². The van der Waals surface area contributed by atoms with Gasteiger partial charge in [0.05, 0.1) is 0 Å². The van der Waals surface area contributed by atoms with Crippen LogP contribution in [0.4, 0.5) is 11.6 Å². The minimum Gasteiger partial charge on any atom is -0.370 e.